The van der Waals surface area contributed by atoms with Gasteiger partial charge in [0.25, 0.3) is 6.29 Å². The third-order valence-electron chi connectivity index (χ3n) is 1.88. The van der Waals surface area contributed by atoms with Gasteiger partial charge in [0.1, 0.15) is 0 Å². The van der Waals surface area contributed by atoms with Gasteiger partial charge in [0, 0.05) is 13.0 Å². The summed E-state index contributed by atoms with van der Waals surface area (Å²) in [6.07, 6.45) is -1.30. The maximum atomic E-state index is 12.0. The van der Waals surface area contributed by atoms with Gasteiger partial charge in [-0.05, 0) is 17.0 Å². The van der Waals surface area contributed by atoms with E-state index in [9.17, 15) is 9.32 Å². The van der Waals surface area contributed by atoms with Gasteiger partial charge in [-0.25, -0.2) is 0 Å². The molecule has 0 amide bonds. The van der Waals surface area contributed by atoms with Crippen LogP contribution in [0.5, 0.6) is 0 Å². The van der Waals surface area contributed by atoms with Crippen LogP contribution in [-0.4, -0.2) is 18.7 Å². The normalized spacial score (nSPS) is 12.4. The molecular weight excluding hydrogens is 199 g/mol. The fourth-order valence-electron chi connectivity index (χ4n) is 1.20. The highest BCUT2D eigenvalue weighted by molar-refractivity contribution is 5.83. The Hall–Kier alpha value is -1.26. The van der Waals surface area contributed by atoms with Crippen LogP contribution in [0, 0.1) is 0 Å². The van der Waals surface area contributed by atoms with Gasteiger partial charge in [-0.2, -0.15) is 4.94 Å². The molecule has 0 bridgehead atoms. The largest absolute Gasteiger partial charge is 0.344 e. The molecule has 0 saturated carbocycles. The van der Waals surface area contributed by atoms with Gasteiger partial charge < -0.3 is 4.74 Å². The zero-order valence-corrected chi connectivity index (χ0v) is 8.48. The van der Waals surface area contributed by atoms with Crippen molar-refractivity contribution in [2.45, 2.75) is 19.6 Å². The number of carbonyl (C=O) groups excluding carboxylic acids is 1. The molecule has 0 N–H and O–H groups in total. The molecule has 1 atom stereocenters. The highest BCUT2D eigenvalue weighted by atomic mass is 19.3. The second-order valence-electron chi connectivity index (χ2n) is 3.01. The highest BCUT2D eigenvalue weighted by Gasteiger charge is 2.20. The second-order valence-corrected chi connectivity index (χ2v) is 3.01. The number of ketones is 1. The quantitative estimate of drug-likeness (QED) is 0.677. The van der Waals surface area contributed by atoms with Crippen molar-refractivity contribution < 1.29 is 19.0 Å². The third kappa shape index (κ3) is 3.77. The topological polar surface area (TPSA) is 35.5 Å². The number of Topliss-reactive ketones (excluding diaryl/α,β-unsaturated/α-hetero) is 1. The first-order valence-electron chi connectivity index (χ1n) is 4.73. The molecule has 15 heavy (non-hydrogen) atoms. The average Bonchev–Trinajstić information content (AvgIpc) is 2.27. The maximum absolute atomic E-state index is 12.0. The van der Waals surface area contributed by atoms with Crippen LogP contribution >= 0.6 is 0 Å². The van der Waals surface area contributed by atoms with Gasteiger partial charge in [-0.15, -0.1) is 0 Å². The Balaban J connectivity index is 2.54. The monoisotopic (exact) mass is 212 g/mol. The van der Waals surface area contributed by atoms with Crippen molar-refractivity contribution in [3.05, 3.63) is 35.9 Å². The van der Waals surface area contributed by atoms with E-state index in [0.717, 1.165) is 5.56 Å². The molecule has 0 radical (unpaired) electrons. The van der Waals surface area contributed by atoms with E-state index in [0.29, 0.717) is 0 Å². The van der Waals surface area contributed by atoms with Crippen molar-refractivity contribution in [3.63, 3.8) is 0 Å². The summed E-state index contributed by atoms with van der Waals surface area (Å²) in [6, 6.07) is 9.06. The van der Waals surface area contributed by atoms with Crippen molar-refractivity contribution in [2.75, 3.05) is 6.61 Å². The molecule has 3 nitrogen and oxygen atoms in total. The first kappa shape index (κ1) is 11.8. The van der Waals surface area contributed by atoms with Crippen LogP contribution in [0.3, 0.4) is 0 Å². The minimum absolute atomic E-state index is 0.107. The number of benzene rings is 1. The molecule has 0 aliphatic rings. The summed E-state index contributed by atoms with van der Waals surface area (Å²) in [5.41, 5.74) is 0.809. The smallest absolute Gasteiger partial charge is 0.256 e. The minimum Gasteiger partial charge on any atom is -0.344 e. The van der Waals surface area contributed by atoms with Gasteiger partial charge in [0.2, 0.25) is 0 Å². The zero-order valence-electron chi connectivity index (χ0n) is 8.48. The van der Waals surface area contributed by atoms with Crippen molar-refractivity contribution in [2.24, 2.45) is 0 Å². The van der Waals surface area contributed by atoms with E-state index in [-0.39, 0.29) is 13.0 Å². The van der Waals surface area contributed by atoms with Gasteiger partial charge in [0.15, 0.2) is 5.78 Å². The first-order chi connectivity index (χ1) is 7.27. The van der Waals surface area contributed by atoms with Crippen molar-refractivity contribution >= 4 is 5.78 Å². The van der Waals surface area contributed by atoms with Gasteiger partial charge in [-0.1, -0.05) is 30.3 Å². The predicted octanol–water partition coefficient (Wildman–Crippen LogP) is 2.06. The SMILES string of the molecule is CCOC(OF)C(=O)Cc1ccccc1. The fourth-order valence-corrected chi connectivity index (χ4v) is 1.20. The Bertz CT molecular complexity index is 300. The van der Waals surface area contributed by atoms with Crippen LogP contribution in [0.4, 0.5) is 4.53 Å². The molecule has 1 aromatic carbocycles. The molecular formula is C11H13FO3. The molecule has 0 heterocycles. The summed E-state index contributed by atoms with van der Waals surface area (Å²) in [7, 11) is 0. The lowest BCUT2D eigenvalue weighted by molar-refractivity contribution is -0.261. The van der Waals surface area contributed by atoms with Crippen molar-refractivity contribution in [1.82, 2.24) is 0 Å². The first-order valence-corrected chi connectivity index (χ1v) is 4.73. The van der Waals surface area contributed by atoms with E-state index in [1.165, 1.54) is 0 Å². The van der Waals surface area contributed by atoms with Gasteiger partial charge in [0.05, 0.1) is 0 Å². The summed E-state index contributed by atoms with van der Waals surface area (Å²) in [6.45, 7) is 1.90. The molecule has 1 rings (SSSR count). The van der Waals surface area contributed by atoms with Crippen LogP contribution in [0.25, 0.3) is 0 Å². The molecule has 1 unspecified atom stereocenters. The Kier molecular flexibility index (Phi) is 4.93. The second kappa shape index (κ2) is 6.27. The summed E-state index contributed by atoms with van der Waals surface area (Å²) < 4.78 is 16.7. The Labute approximate surface area is 87.7 Å². The number of carbonyl (C=O) groups is 1. The van der Waals surface area contributed by atoms with E-state index >= 15 is 0 Å². The molecule has 0 saturated heterocycles. The van der Waals surface area contributed by atoms with Crippen LogP contribution < -0.4 is 0 Å². The van der Waals surface area contributed by atoms with Crippen LogP contribution in [0.2, 0.25) is 0 Å². The summed E-state index contributed by atoms with van der Waals surface area (Å²) in [5, 5.41) is 0. The van der Waals surface area contributed by atoms with Crippen LogP contribution in [-0.2, 0) is 20.9 Å². The van der Waals surface area contributed by atoms with Crippen molar-refractivity contribution in [1.29, 1.82) is 0 Å². The zero-order chi connectivity index (χ0) is 11.1. The highest BCUT2D eigenvalue weighted by Crippen LogP contribution is 2.05. The molecule has 4 heteroatoms. The lowest BCUT2D eigenvalue weighted by Crippen LogP contribution is -2.26. The molecule has 0 aliphatic carbocycles. The molecule has 1 aromatic rings. The third-order valence-corrected chi connectivity index (χ3v) is 1.88. The molecule has 0 aliphatic heterocycles. The Morgan fingerprint density at radius 2 is 2.07 bits per heavy atom. The van der Waals surface area contributed by atoms with E-state index in [2.05, 4.69) is 4.94 Å². The summed E-state index contributed by atoms with van der Waals surface area (Å²) >= 11 is 0. The van der Waals surface area contributed by atoms with E-state index in [1.54, 1.807) is 19.1 Å². The van der Waals surface area contributed by atoms with E-state index < -0.39 is 12.1 Å². The number of halogens is 1. The van der Waals surface area contributed by atoms with Crippen LogP contribution in [0.15, 0.2) is 30.3 Å². The standard InChI is InChI=1S/C11H13FO3/c1-2-14-11(15-12)10(13)8-9-6-4-3-5-7-9/h3-7,11H,2,8H2,1H3. The maximum Gasteiger partial charge on any atom is 0.256 e. The Morgan fingerprint density at radius 3 is 2.60 bits per heavy atom. The summed E-state index contributed by atoms with van der Waals surface area (Å²) in [4.78, 5) is 14.9. The van der Waals surface area contributed by atoms with Crippen molar-refractivity contribution in [3.8, 4) is 0 Å². The van der Waals surface area contributed by atoms with E-state index in [1.807, 2.05) is 18.2 Å². The van der Waals surface area contributed by atoms with E-state index in [4.69, 9.17) is 4.74 Å². The molecule has 82 valence electrons. The average molecular weight is 212 g/mol. The van der Waals surface area contributed by atoms with Gasteiger partial charge >= 0.3 is 0 Å². The number of hydrogen-bond acceptors (Lipinski definition) is 3. The number of rotatable bonds is 6. The fraction of sp³-hybridized carbons (Fsp3) is 0.364. The molecule has 0 spiro atoms. The number of hydrogen-bond donors (Lipinski definition) is 0. The Morgan fingerprint density at radius 1 is 1.40 bits per heavy atom. The lowest BCUT2D eigenvalue weighted by Gasteiger charge is -2.10. The minimum atomic E-state index is -1.41. The van der Waals surface area contributed by atoms with Crippen LogP contribution in [0.1, 0.15) is 12.5 Å². The predicted molar refractivity (Wildman–Crippen MR) is 52.8 cm³/mol. The molecule has 0 aromatic heterocycles. The number of ether oxygens (including phenoxy) is 1. The van der Waals surface area contributed by atoms with Gasteiger partial charge in [-0.3, -0.25) is 4.79 Å². The lowest BCUT2D eigenvalue weighted by atomic mass is 10.1. The molecule has 0 fully saturated rings. The summed E-state index contributed by atoms with van der Waals surface area (Å²) in [5.74, 6) is -0.425.